The Kier molecular flexibility index (Phi) is 5.38. The summed E-state index contributed by atoms with van der Waals surface area (Å²) in [5.41, 5.74) is 0.980. The van der Waals surface area contributed by atoms with Gasteiger partial charge in [-0.05, 0) is 29.8 Å². The highest BCUT2D eigenvalue weighted by atomic mass is 32.2. The van der Waals surface area contributed by atoms with Crippen molar-refractivity contribution in [2.24, 2.45) is 0 Å². The van der Waals surface area contributed by atoms with Crippen molar-refractivity contribution in [1.29, 1.82) is 0 Å². The average molecular weight is 359 g/mol. The number of carbonyl (C=O) groups is 2. The number of amides is 1. The molecule has 0 saturated carbocycles. The Morgan fingerprint density at radius 3 is 2.68 bits per heavy atom. The molecule has 0 radical (unpaired) electrons. The van der Waals surface area contributed by atoms with Crippen LogP contribution in [-0.4, -0.2) is 27.7 Å². The molecule has 1 amide bonds. The molecule has 1 atom stereocenters. The molecule has 1 unspecified atom stereocenters. The van der Waals surface area contributed by atoms with E-state index < -0.39 is 0 Å². The fraction of sp³-hybridized carbons (Fsp3) is 0.263. The first kappa shape index (κ1) is 17.5. The highest BCUT2D eigenvalue weighted by Crippen LogP contribution is 2.27. The molecular weight excluding hydrogens is 341 g/mol. The van der Waals surface area contributed by atoms with Gasteiger partial charge >= 0.3 is 0 Å². The largest absolute Gasteiger partial charge is 0.457 e. The maximum atomic E-state index is 13.2. The van der Waals surface area contributed by atoms with Gasteiger partial charge in [-0.1, -0.05) is 30.0 Å². The summed E-state index contributed by atoms with van der Waals surface area (Å²) in [6.07, 6.45) is 0.408. The Labute approximate surface area is 150 Å². The zero-order chi connectivity index (χ0) is 17.8. The maximum absolute atomic E-state index is 13.2. The molecule has 4 nitrogen and oxygen atoms in total. The molecule has 0 aliphatic carbocycles. The molecule has 25 heavy (non-hydrogen) atoms. The average Bonchev–Trinajstić information content (AvgIpc) is 2.88. The third-order valence-electron chi connectivity index (χ3n) is 3.84. The molecule has 1 aliphatic rings. The number of hydrogen-bond donors (Lipinski definition) is 0. The van der Waals surface area contributed by atoms with Crippen LogP contribution < -0.4 is 4.74 Å². The number of ether oxygens (including phenoxy) is 1. The monoisotopic (exact) mass is 359 g/mol. The Morgan fingerprint density at radius 1 is 1.24 bits per heavy atom. The van der Waals surface area contributed by atoms with Gasteiger partial charge in [0.2, 0.25) is 5.91 Å². The summed E-state index contributed by atoms with van der Waals surface area (Å²) in [5.74, 6) is 0.761. The molecular formula is C19H18FNO3S. The summed E-state index contributed by atoms with van der Waals surface area (Å²) in [6, 6.07) is 13.3. The van der Waals surface area contributed by atoms with Crippen LogP contribution in [0.15, 0.2) is 48.5 Å². The Balaban J connectivity index is 1.59. The van der Waals surface area contributed by atoms with Gasteiger partial charge in [-0.2, -0.15) is 0 Å². The van der Waals surface area contributed by atoms with Gasteiger partial charge < -0.3 is 9.64 Å². The van der Waals surface area contributed by atoms with E-state index in [0.717, 1.165) is 5.56 Å². The lowest BCUT2D eigenvalue weighted by Gasteiger charge is -2.16. The molecule has 0 N–H and O–H groups in total. The van der Waals surface area contributed by atoms with Crippen molar-refractivity contribution in [3.05, 3.63) is 59.9 Å². The second kappa shape index (κ2) is 7.70. The molecule has 3 rings (SSSR count). The van der Waals surface area contributed by atoms with Crippen LogP contribution in [0, 0.1) is 5.82 Å². The van der Waals surface area contributed by atoms with E-state index in [1.807, 2.05) is 12.1 Å². The van der Waals surface area contributed by atoms with Crippen LogP contribution in [-0.2, 0) is 16.1 Å². The van der Waals surface area contributed by atoms with Gasteiger partial charge in [0.1, 0.15) is 17.3 Å². The second-order valence-electron chi connectivity index (χ2n) is 5.91. The van der Waals surface area contributed by atoms with Gasteiger partial charge in [0.25, 0.3) is 0 Å². The highest BCUT2D eigenvalue weighted by Gasteiger charge is 2.30. The number of rotatable bonds is 5. The van der Waals surface area contributed by atoms with E-state index in [1.165, 1.54) is 30.8 Å². The van der Waals surface area contributed by atoms with E-state index in [-0.39, 0.29) is 22.1 Å². The third kappa shape index (κ3) is 4.82. The van der Waals surface area contributed by atoms with E-state index in [9.17, 15) is 14.0 Å². The zero-order valence-corrected chi connectivity index (χ0v) is 14.6. The standard InChI is InChI=1S/C19H18FNO3S/c1-13(22)25-18-10-19(23)21(12-18)11-14-5-7-16(8-6-14)24-17-4-2-3-15(20)9-17/h2-9,18H,10-12H2,1H3. The van der Waals surface area contributed by atoms with E-state index >= 15 is 0 Å². The maximum Gasteiger partial charge on any atom is 0.224 e. The smallest absolute Gasteiger partial charge is 0.224 e. The van der Waals surface area contributed by atoms with Crippen LogP contribution in [0.25, 0.3) is 0 Å². The number of likely N-dealkylation sites (tertiary alicyclic amines) is 1. The quantitative estimate of drug-likeness (QED) is 0.810. The molecule has 0 bridgehead atoms. The summed E-state index contributed by atoms with van der Waals surface area (Å²) in [5, 5.41) is 0.0825. The van der Waals surface area contributed by atoms with Crippen molar-refractivity contribution < 1.29 is 18.7 Å². The van der Waals surface area contributed by atoms with Crippen molar-refractivity contribution >= 4 is 22.8 Å². The van der Waals surface area contributed by atoms with Gasteiger partial charge in [-0.25, -0.2) is 4.39 Å². The van der Waals surface area contributed by atoms with Crippen molar-refractivity contribution in [2.75, 3.05) is 6.54 Å². The molecule has 1 saturated heterocycles. The van der Waals surface area contributed by atoms with Crippen molar-refractivity contribution in [3.63, 3.8) is 0 Å². The minimum absolute atomic E-state index is 0.0403. The van der Waals surface area contributed by atoms with Gasteiger partial charge in [-0.3, -0.25) is 9.59 Å². The van der Waals surface area contributed by atoms with E-state index in [2.05, 4.69) is 0 Å². The molecule has 1 aliphatic heterocycles. The van der Waals surface area contributed by atoms with Crippen molar-refractivity contribution in [1.82, 2.24) is 4.90 Å². The molecule has 0 spiro atoms. The summed E-state index contributed by atoms with van der Waals surface area (Å²) in [6.45, 7) is 2.62. The molecule has 130 valence electrons. The fourth-order valence-corrected chi connectivity index (χ4v) is 3.70. The molecule has 2 aromatic rings. The first-order valence-corrected chi connectivity index (χ1v) is 8.85. The summed E-state index contributed by atoms with van der Waals surface area (Å²) in [4.78, 5) is 25.0. The number of nitrogens with zero attached hydrogens (tertiary/aromatic N) is 1. The van der Waals surface area contributed by atoms with Crippen LogP contribution in [0.3, 0.4) is 0 Å². The predicted molar refractivity (Wildman–Crippen MR) is 95.0 cm³/mol. The fourth-order valence-electron chi connectivity index (χ4n) is 2.75. The predicted octanol–water partition coefficient (Wildman–Crippen LogP) is 4.00. The highest BCUT2D eigenvalue weighted by molar-refractivity contribution is 8.14. The minimum Gasteiger partial charge on any atom is -0.457 e. The molecule has 1 fully saturated rings. The lowest BCUT2D eigenvalue weighted by molar-refractivity contribution is -0.128. The normalized spacial score (nSPS) is 17.0. The number of thioether (sulfide) groups is 1. The van der Waals surface area contributed by atoms with Crippen LogP contribution in [0.2, 0.25) is 0 Å². The zero-order valence-electron chi connectivity index (χ0n) is 13.8. The first-order valence-electron chi connectivity index (χ1n) is 7.97. The Hall–Kier alpha value is -2.34. The molecule has 0 aromatic heterocycles. The van der Waals surface area contributed by atoms with Crippen LogP contribution in [0.1, 0.15) is 18.9 Å². The van der Waals surface area contributed by atoms with Crippen molar-refractivity contribution in [3.8, 4) is 11.5 Å². The number of carbonyl (C=O) groups excluding carboxylic acids is 2. The number of halogens is 1. The van der Waals surface area contributed by atoms with Gasteiger partial charge in [0.15, 0.2) is 5.12 Å². The van der Waals surface area contributed by atoms with E-state index in [1.54, 1.807) is 29.2 Å². The topological polar surface area (TPSA) is 46.6 Å². The lowest BCUT2D eigenvalue weighted by Crippen LogP contribution is -2.24. The van der Waals surface area contributed by atoms with Gasteiger partial charge in [-0.15, -0.1) is 0 Å². The molecule has 1 heterocycles. The van der Waals surface area contributed by atoms with Crippen LogP contribution in [0.4, 0.5) is 4.39 Å². The number of benzene rings is 2. The third-order valence-corrected chi connectivity index (χ3v) is 4.82. The molecule has 2 aromatic carbocycles. The van der Waals surface area contributed by atoms with Gasteiger partial charge in [0.05, 0.1) is 0 Å². The van der Waals surface area contributed by atoms with Gasteiger partial charge in [0, 0.05) is 37.8 Å². The SMILES string of the molecule is CC(=O)SC1CC(=O)N(Cc2ccc(Oc3cccc(F)c3)cc2)C1. The second-order valence-corrected chi connectivity index (χ2v) is 7.39. The first-order chi connectivity index (χ1) is 12.0. The van der Waals surface area contributed by atoms with E-state index in [0.29, 0.717) is 31.0 Å². The number of hydrogen-bond acceptors (Lipinski definition) is 4. The van der Waals surface area contributed by atoms with Crippen molar-refractivity contribution in [2.45, 2.75) is 25.1 Å². The lowest BCUT2D eigenvalue weighted by atomic mass is 10.2. The summed E-state index contributed by atoms with van der Waals surface area (Å²) >= 11 is 1.23. The Bertz CT molecular complexity index is 778. The summed E-state index contributed by atoms with van der Waals surface area (Å²) in [7, 11) is 0. The molecule has 6 heteroatoms. The summed E-state index contributed by atoms with van der Waals surface area (Å²) < 4.78 is 18.8. The Morgan fingerprint density at radius 2 is 2.00 bits per heavy atom. The van der Waals surface area contributed by atoms with Crippen LogP contribution >= 0.6 is 11.8 Å². The minimum atomic E-state index is -0.348. The van der Waals surface area contributed by atoms with Crippen LogP contribution in [0.5, 0.6) is 11.5 Å². The van der Waals surface area contributed by atoms with E-state index in [4.69, 9.17) is 4.74 Å².